The molecular weight excluding hydrogens is 388 g/mol. The number of rotatable bonds is 5. The Labute approximate surface area is 184 Å². The Morgan fingerprint density at radius 3 is 2.58 bits per heavy atom. The molecule has 1 aliphatic carbocycles. The van der Waals surface area contributed by atoms with Gasteiger partial charge < -0.3 is 15.0 Å². The van der Waals surface area contributed by atoms with Gasteiger partial charge in [-0.3, -0.25) is 4.79 Å². The van der Waals surface area contributed by atoms with Crippen LogP contribution in [0, 0.1) is 11.8 Å². The zero-order valence-electron chi connectivity index (χ0n) is 18.2. The monoisotopic (exact) mass is 420 g/mol. The van der Waals surface area contributed by atoms with Gasteiger partial charge >= 0.3 is 0 Å². The van der Waals surface area contributed by atoms with Crippen LogP contribution in [0.2, 0.25) is 0 Å². The van der Waals surface area contributed by atoms with Gasteiger partial charge in [0.05, 0.1) is 0 Å². The van der Waals surface area contributed by atoms with Gasteiger partial charge in [-0.15, -0.1) is 0 Å². The highest BCUT2D eigenvalue weighted by molar-refractivity contribution is 5.79. The van der Waals surface area contributed by atoms with E-state index in [0.29, 0.717) is 5.92 Å². The van der Waals surface area contributed by atoms with Crippen LogP contribution < -0.4 is 10.2 Å². The summed E-state index contributed by atoms with van der Waals surface area (Å²) in [4.78, 5) is 25.0. The molecule has 164 valence electrons. The summed E-state index contributed by atoms with van der Waals surface area (Å²) in [7, 11) is 0. The molecule has 0 unspecified atom stereocenters. The Morgan fingerprint density at radius 2 is 1.81 bits per heavy atom. The maximum absolute atomic E-state index is 12.7. The number of aromatic nitrogens is 2. The number of fused-ring (bicyclic) bond motifs is 1. The molecule has 0 bridgehead atoms. The van der Waals surface area contributed by atoms with E-state index in [2.05, 4.69) is 22.3 Å². The van der Waals surface area contributed by atoms with Gasteiger partial charge in [-0.2, -0.15) is 0 Å². The minimum Gasteiger partial charge on any atom is -0.381 e. The Hall–Kier alpha value is -2.47. The van der Waals surface area contributed by atoms with Crippen molar-refractivity contribution in [3.8, 4) is 11.4 Å². The molecule has 0 saturated carbocycles. The third-order valence-corrected chi connectivity index (χ3v) is 7.01. The minimum absolute atomic E-state index is 0.111. The van der Waals surface area contributed by atoms with Crippen molar-refractivity contribution in [3.05, 3.63) is 41.6 Å². The molecule has 2 saturated heterocycles. The molecule has 3 heterocycles. The number of anilines is 1. The van der Waals surface area contributed by atoms with Crippen molar-refractivity contribution in [2.24, 2.45) is 11.8 Å². The molecule has 5 rings (SSSR count). The van der Waals surface area contributed by atoms with Gasteiger partial charge in [0.15, 0.2) is 5.82 Å². The number of carbonyl (C=O) groups excluding carboxylic acids is 1. The number of ether oxygens (including phenoxy) is 1. The van der Waals surface area contributed by atoms with E-state index >= 15 is 0 Å². The van der Waals surface area contributed by atoms with E-state index in [4.69, 9.17) is 14.7 Å². The number of nitrogens with one attached hydrogen (secondary N) is 1. The first-order chi connectivity index (χ1) is 15.3. The SMILES string of the molecule is O=C(NCC1CCOCC1)C1CCN(c2nc(-c3ccccc3)nc3c2CCC3)CC1. The van der Waals surface area contributed by atoms with E-state index in [-0.39, 0.29) is 11.8 Å². The Morgan fingerprint density at radius 1 is 1.03 bits per heavy atom. The molecule has 2 fully saturated rings. The summed E-state index contributed by atoms with van der Waals surface area (Å²) in [5.74, 6) is 2.83. The average Bonchev–Trinajstić information content (AvgIpc) is 3.32. The van der Waals surface area contributed by atoms with Crippen molar-refractivity contribution >= 4 is 11.7 Å². The fourth-order valence-electron chi connectivity index (χ4n) is 5.08. The fourth-order valence-corrected chi connectivity index (χ4v) is 5.08. The van der Waals surface area contributed by atoms with Gasteiger partial charge in [-0.05, 0) is 50.9 Å². The molecule has 6 nitrogen and oxygen atoms in total. The summed E-state index contributed by atoms with van der Waals surface area (Å²) in [5, 5.41) is 3.21. The first-order valence-electron chi connectivity index (χ1n) is 11.8. The lowest BCUT2D eigenvalue weighted by Crippen LogP contribution is -2.42. The Balaban J connectivity index is 1.24. The molecule has 0 radical (unpaired) electrons. The van der Waals surface area contributed by atoms with E-state index in [1.54, 1.807) is 0 Å². The van der Waals surface area contributed by atoms with Crippen molar-refractivity contribution in [3.63, 3.8) is 0 Å². The van der Waals surface area contributed by atoms with Gasteiger partial charge in [-0.1, -0.05) is 30.3 Å². The summed E-state index contributed by atoms with van der Waals surface area (Å²) in [6.07, 6.45) is 7.14. The number of amides is 1. The van der Waals surface area contributed by atoms with E-state index in [9.17, 15) is 4.79 Å². The van der Waals surface area contributed by atoms with Crippen molar-refractivity contribution in [2.45, 2.75) is 44.9 Å². The maximum Gasteiger partial charge on any atom is 0.223 e. The van der Waals surface area contributed by atoms with Gasteiger partial charge in [0.25, 0.3) is 0 Å². The molecule has 1 aromatic heterocycles. The standard InChI is InChI=1S/C25H32N4O2/c30-25(26-17-18-11-15-31-16-12-18)20-9-13-29(14-10-20)24-21-7-4-8-22(21)27-23(28-24)19-5-2-1-3-6-19/h1-3,5-6,18,20H,4,7-17H2,(H,26,30). The molecule has 1 aromatic carbocycles. The second kappa shape index (κ2) is 9.35. The fraction of sp³-hybridized carbons (Fsp3) is 0.560. The zero-order valence-corrected chi connectivity index (χ0v) is 18.2. The van der Waals surface area contributed by atoms with Crippen LogP contribution in [0.4, 0.5) is 5.82 Å². The second-order valence-corrected chi connectivity index (χ2v) is 9.08. The predicted octanol–water partition coefficient (Wildman–Crippen LogP) is 3.39. The summed E-state index contributed by atoms with van der Waals surface area (Å²) in [6.45, 7) is 4.21. The summed E-state index contributed by atoms with van der Waals surface area (Å²) in [5.41, 5.74) is 3.60. The molecule has 0 atom stereocenters. The molecule has 1 N–H and O–H groups in total. The van der Waals surface area contributed by atoms with Crippen LogP contribution in [0.1, 0.15) is 43.4 Å². The van der Waals surface area contributed by atoms with Gasteiger partial charge in [0.2, 0.25) is 5.91 Å². The quantitative estimate of drug-likeness (QED) is 0.803. The highest BCUT2D eigenvalue weighted by Crippen LogP contribution is 2.33. The number of hydrogen-bond acceptors (Lipinski definition) is 5. The van der Waals surface area contributed by atoms with Crippen molar-refractivity contribution in [2.75, 3.05) is 37.7 Å². The number of carbonyl (C=O) groups is 1. The van der Waals surface area contributed by atoms with Crippen LogP contribution in [0.25, 0.3) is 11.4 Å². The smallest absolute Gasteiger partial charge is 0.223 e. The van der Waals surface area contributed by atoms with Crippen LogP contribution in [-0.4, -0.2) is 48.7 Å². The maximum atomic E-state index is 12.7. The lowest BCUT2D eigenvalue weighted by atomic mass is 9.94. The number of hydrogen-bond donors (Lipinski definition) is 1. The average molecular weight is 421 g/mol. The number of benzene rings is 1. The molecular formula is C25H32N4O2. The molecule has 31 heavy (non-hydrogen) atoms. The van der Waals surface area contributed by atoms with Crippen LogP contribution in [0.15, 0.2) is 30.3 Å². The van der Waals surface area contributed by atoms with E-state index in [1.165, 1.54) is 11.3 Å². The minimum atomic E-state index is 0.111. The summed E-state index contributed by atoms with van der Waals surface area (Å²) < 4.78 is 5.42. The van der Waals surface area contributed by atoms with Crippen molar-refractivity contribution in [1.82, 2.24) is 15.3 Å². The third kappa shape index (κ3) is 4.59. The molecule has 2 aliphatic heterocycles. The predicted molar refractivity (Wildman–Crippen MR) is 121 cm³/mol. The normalized spacial score (nSPS) is 19.9. The molecule has 0 spiro atoms. The lowest BCUT2D eigenvalue weighted by molar-refractivity contribution is -0.125. The van der Waals surface area contributed by atoms with Crippen LogP contribution in [0.5, 0.6) is 0 Å². The number of aryl methyl sites for hydroxylation is 1. The molecule has 1 amide bonds. The first-order valence-corrected chi connectivity index (χ1v) is 11.8. The topological polar surface area (TPSA) is 67.3 Å². The zero-order chi connectivity index (χ0) is 21.0. The Bertz CT molecular complexity index is 903. The van der Waals surface area contributed by atoms with Crippen LogP contribution >= 0.6 is 0 Å². The highest BCUT2D eigenvalue weighted by Gasteiger charge is 2.29. The second-order valence-electron chi connectivity index (χ2n) is 9.08. The first kappa shape index (κ1) is 20.4. The largest absolute Gasteiger partial charge is 0.381 e. The number of piperidine rings is 1. The highest BCUT2D eigenvalue weighted by atomic mass is 16.5. The van der Waals surface area contributed by atoms with Crippen LogP contribution in [0.3, 0.4) is 0 Å². The molecule has 6 heteroatoms. The van der Waals surface area contributed by atoms with E-state index < -0.39 is 0 Å². The number of nitrogens with zero attached hydrogens (tertiary/aromatic N) is 3. The summed E-state index contributed by atoms with van der Waals surface area (Å²) >= 11 is 0. The van der Waals surface area contributed by atoms with Gasteiger partial charge in [0.1, 0.15) is 5.82 Å². The van der Waals surface area contributed by atoms with Crippen LogP contribution in [-0.2, 0) is 22.4 Å². The van der Waals surface area contributed by atoms with E-state index in [1.807, 2.05) is 18.2 Å². The summed E-state index contributed by atoms with van der Waals surface area (Å²) in [6, 6.07) is 10.3. The van der Waals surface area contributed by atoms with Gasteiger partial charge in [0, 0.05) is 55.6 Å². The Kier molecular flexibility index (Phi) is 6.16. The lowest BCUT2D eigenvalue weighted by Gasteiger charge is -2.33. The molecule has 2 aromatic rings. The van der Waals surface area contributed by atoms with Crippen molar-refractivity contribution in [1.29, 1.82) is 0 Å². The van der Waals surface area contributed by atoms with Gasteiger partial charge in [-0.25, -0.2) is 9.97 Å². The third-order valence-electron chi connectivity index (χ3n) is 7.01. The van der Waals surface area contributed by atoms with E-state index in [0.717, 1.165) is 95.0 Å². The molecule has 3 aliphatic rings. The van der Waals surface area contributed by atoms with Crippen molar-refractivity contribution < 1.29 is 9.53 Å².